The van der Waals surface area contributed by atoms with Gasteiger partial charge >= 0.3 is 0 Å². The van der Waals surface area contributed by atoms with Crippen LogP contribution in [0.25, 0.3) is 21.7 Å². The minimum atomic E-state index is 0.694. The summed E-state index contributed by atoms with van der Waals surface area (Å²) in [6, 6.07) is 16.1. The average Bonchev–Trinajstić information content (AvgIpc) is 2.61. The number of anilines is 2. The van der Waals surface area contributed by atoms with Gasteiger partial charge in [-0.25, -0.2) is 4.98 Å². The van der Waals surface area contributed by atoms with Gasteiger partial charge in [0, 0.05) is 39.3 Å². The number of hydrogen-bond acceptors (Lipinski definition) is 3. The molecule has 2 heterocycles. The molecule has 0 saturated heterocycles. The second kappa shape index (κ2) is 6.10. The zero-order valence-electron chi connectivity index (χ0n) is 13.3. The molecular formula is C20H16ClN3. The van der Waals surface area contributed by atoms with Crippen LogP contribution in [0.2, 0.25) is 5.02 Å². The van der Waals surface area contributed by atoms with Crippen molar-refractivity contribution in [1.29, 1.82) is 0 Å². The molecule has 0 saturated carbocycles. The topological polar surface area (TPSA) is 37.8 Å². The number of pyridine rings is 2. The van der Waals surface area contributed by atoms with Gasteiger partial charge in [-0.3, -0.25) is 4.98 Å². The quantitative estimate of drug-likeness (QED) is 0.485. The van der Waals surface area contributed by atoms with E-state index in [1.54, 1.807) is 6.20 Å². The summed E-state index contributed by atoms with van der Waals surface area (Å²) in [6.07, 6.45) is 4.67. The summed E-state index contributed by atoms with van der Waals surface area (Å²) in [5.41, 5.74) is 3.16. The van der Waals surface area contributed by atoms with Gasteiger partial charge in [-0.2, -0.15) is 0 Å². The summed E-state index contributed by atoms with van der Waals surface area (Å²) < 4.78 is 0. The van der Waals surface area contributed by atoms with Crippen molar-refractivity contribution in [3.8, 4) is 0 Å². The number of aryl methyl sites for hydroxylation is 1. The van der Waals surface area contributed by atoms with Crippen LogP contribution in [0.4, 0.5) is 11.5 Å². The first kappa shape index (κ1) is 14.9. The maximum absolute atomic E-state index is 6.09. The molecule has 4 aromatic rings. The third-order valence-corrected chi connectivity index (χ3v) is 4.39. The molecule has 4 rings (SSSR count). The molecule has 0 unspecified atom stereocenters. The lowest BCUT2D eigenvalue weighted by atomic mass is 10.0. The number of benzene rings is 2. The lowest BCUT2D eigenvalue weighted by Crippen LogP contribution is -1.97. The summed E-state index contributed by atoms with van der Waals surface area (Å²) in [7, 11) is 0. The highest BCUT2D eigenvalue weighted by molar-refractivity contribution is 6.30. The van der Waals surface area contributed by atoms with E-state index in [9.17, 15) is 0 Å². The van der Waals surface area contributed by atoms with Gasteiger partial charge in [0.25, 0.3) is 0 Å². The number of nitrogens with zero attached hydrogens (tertiary/aromatic N) is 2. The van der Waals surface area contributed by atoms with Crippen LogP contribution in [-0.4, -0.2) is 9.97 Å². The highest BCUT2D eigenvalue weighted by Gasteiger charge is 2.09. The SMILES string of the molecule is CCc1ccc2c(c1)nc(Nc1cccc(Cl)c1)c1ccncc12. The molecule has 0 spiro atoms. The van der Waals surface area contributed by atoms with Crippen molar-refractivity contribution in [3.05, 3.63) is 71.5 Å². The molecule has 0 aliphatic rings. The second-order valence-electron chi connectivity index (χ2n) is 5.72. The van der Waals surface area contributed by atoms with Gasteiger partial charge in [0.15, 0.2) is 0 Å². The standard InChI is InChI=1S/C20H16ClN3/c1-2-13-6-7-16-18-12-22-9-8-17(18)20(24-19(16)10-13)23-15-5-3-4-14(21)11-15/h3-12H,2H2,1H3,(H,23,24). The van der Waals surface area contributed by atoms with Gasteiger partial charge in [-0.05, 0) is 42.3 Å². The van der Waals surface area contributed by atoms with Crippen LogP contribution < -0.4 is 5.32 Å². The Bertz CT molecular complexity index is 1040. The molecule has 0 atom stereocenters. The molecule has 0 aliphatic carbocycles. The molecular weight excluding hydrogens is 318 g/mol. The predicted molar refractivity (Wildman–Crippen MR) is 101 cm³/mol. The Balaban J connectivity index is 1.95. The van der Waals surface area contributed by atoms with Crippen LogP contribution in [-0.2, 0) is 6.42 Å². The summed E-state index contributed by atoms with van der Waals surface area (Å²) in [5.74, 6) is 0.815. The van der Waals surface area contributed by atoms with Gasteiger partial charge < -0.3 is 5.32 Å². The van der Waals surface area contributed by atoms with E-state index < -0.39 is 0 Å². The number of nitrogens with one attached hydrogen (secondary N) is 1. The minimum absolute atomic E-state index is 0.694. The van der Waals surface area contributed by atoms with Crippen molar-refractivity contribution in [2.24, 2.45) is 0 Å². The summed E-state index contributed by atoms with van der Waals surface area (Å²) in [6.45, 7) is 2.15. The molecule has 0 fully saturated rings. The predicted octanol–water partition coefficient (Wildman–Crippen LogP) is 5.74. The Hall–Kier alpha value is -2.65. The molecule has 0 amide bonds. The molecule has 0 radical (unpaired) electrons. The van der Waals surface area contributed by atoms with Crippen molar-refractivity contribution in [2.45, 2.75) is 13.3 Å². The minimum Gasteiger partial charge on any atom is -0.340 e. The molecule has 4 heteroatoms. The van der Waals surface area contributed by atoms with E-state index in [1.807, 2.05) is 36.5 Å². The highest BCUT2D eigenvalue weighted by atomic mass is 35.5. The van der Waals surface area contributed by atoms with Crippen LogP contribution in [0, 0.1) is 0 Å². The fourth-order valence-corrected chi connectivity index (χ4v) is 3.10. The first-order chi connectivity index (χ1) is 11.7. The lowest BCUT2D eigenvalue weighted by Gasteiger charge is -2.12. The van der Waals surface area contributed by atoms with Crippen molar-refractivity contribution in [2.75, 3.05) is 5.32 Å². The van der Waals surface area contributed by atoms with Crippen LogP contribution in [0.3, 0.4) is 0 Å². The fourth-order valence-electron chi connectivity index (χ4n) is 2.91. The number of hydrogen-bond donors (Lipinski definition) is 1. The molecule has 118 valence electrons. The van der Waals surface area contributed by atoms with Crippen molar-refractivity contribution in [3.63, 3.8) is 0 Å². The Labute approximate surface area is 145 Å². The van der Waals surface area contributed by atoms with Crippen molar-refractivity contribution >= 4 is 44.8 Å². The summed E-state index contributed by atoms with van der Waals surface area (Å²) in [5, 5.41) is 7.34. The van der Waals surface area contributed by atoms with E-state index in [4.69, 9.17) is 16.6 Å². The molecule has 0 aliphatic heterocycles. The van der Waals surface area contributed by atoms with Gasteiger partial charge in [0.05, 0.1) is 5.52 Å². The molecule has 3 nitrogen and oxygen atoms in total. The zero-order chi connectivity index (χ0) is 16.5. The molecule has 0 bridgehead atoms. The second-order valence-corrected chi connectivity index (χ2v) is 6.16. The van der Waals surface area contributed by atoms with Crippen LogP contribution in [0.1, 0.15) is 12.5 Å². The number of rotatable bonds is 3. The summed E-state index contributed by atoms with van der Waals surface area (Å²) >= 11 is 6.09. The molecule has 2 aromatic carbocycles. The third kappa shape index (κ3) is 2.68. The first-order valence-electron chi connectivity index (χ1n) is 7.93. The van der Waals surface area contributed by atoms with Gasteiger partial charge in [-0.15, -0.1) is 0 Å². The smallest absolute Gasteiger partial charge is 0.139 e. The van der Waals surface area contributed by atoms with Gasteiger partial charge in [0.1, 0.15) is 5.82 Å². The summed E-state index contributed by atoms with van der Waals surface area (Å²) in [4.78, 5) is 9.15. The Morgan fingerprint density at radius 1 is 1.00 bits per heavy atom. The molecule has 2 aromatic heterocycles. The first-order valence-corrected chi connectivity index (χ1v) is 8.31. The Morgan fingerprint density at radius 3 is 2.75 bits per heavy atom. The van der Waals surface area contributed by atoms with Crippen molar-refractivity contribution < 1.29 is 0 Å². The van der Waals surface area contributed by atoms with E-state index in [-0.39, 0.29) is 0 Å². The van der Waals surface area contributed by atoms with E-state index in [2.05, 4.69) is 35.4 Å². The maximum atomic E-state index is 6.09. The average molecular weight is 334 g/mol. The van der Waals surface area contributed by atoms with E-state index in [0.717, 1.165) is 39.6 Å². The molecule has 24 heavy (non-hydrogen) atoms. The largest absolute Gasteiger partial charge is 0.340 e. The van der Waals surface area contributed by atoms with Crippen molar-refractivity contribution in [1.82, 2.24) is 9.97 Å². The van der Waals surface area contributed by atoms with E-state index in [0.29, 0.717) is 5.02 Å². The molecule has 1 N–H and O–H groups in total. The fraction of sp³-hybridized carbons (Fsp3) is 0.100. The number of fused-ring (bicyclic) bond motifs is 3. The van der Waals surface area contributed by atoms with Gasteiger partial charge in [0.2, 0.25) is 0 Å². The third-order valence-electron chi connectivity index (χ3n) is 4.16. The normalized spacial score (nSPS) is 11.1. The van der Waals surface area contributed by atoms with Crippen LogP contribution in [0.5, 0.6) is 0 Å². The lowest BCUT2D eigenvalue weighted by molar-refractivity contribution is 1.14. The maximum Gasteiger partial charge on any atom is 0.139 e. The van der Waals surface area contributed by atoms with Gasteiger partial charge in [-0.1, -0.05) is 36.7 Å². The van der Waals surface area contributed by atoms with Crippen LogP contribution in [0.15, 0.2) is 60.9 Å². The Kier molecular flexibility index (Phi) is 3.79. The Morgan fingerprint density at radius 2 is 1.92 bits per heavy atom. The van der Waals surface area contributed by atoms with E-state index >= 15 is 0 Å². The monoisotopic (exact) mass is 333 g/mol. The van der Waals surface area contributed by atoms with E-state index in [1.165, 1.54) is 5.56 Å². The zero-order valence-corrected chi connectivity index (χ0v) is 14.0. The van der Waals surface area contributed by atoms with Crippen LogP contribution >= 0.6 is 11.6 Å². The highest BCUT2D eigenvalue weighted by Crippen LogP contribution is 2.31. The number of aromatic nitrogens is 2. The number of halogens is 1.